The Hall–Kier alpha value is -0.0400. The summed E-state index contributed by atoms with van der Waals surface area (Å²) in [5.74, 6) is 0. The van der Waals surface area contributed by atoms with Crippen LogP contribution in [0.3, 0.4) is 0 Å². The Labute approximate surface area is 33.6 Å². The molecule has 0 fully saturated rings. The van der Waals surface area contributed by atoms with E-state index in [1.54, 1.807) is 13.8 Å². The quantitative estimate of drug-likeness (QED) is 0.456. The molecule has 0 amide bonds. The van der Waals surface area contributed by atoms with Crippen molar-refractivity contribution in [3.63, 3.8) is 0 Å². The van der Waals surface area contributed by atoms with Crippen molar-refractivity contribution in [1.82, 2.24) is 0 Å². The van der Waals surface area contributed by atoms with E-state index in [9.17, 15) is 0 Å². The monoisotopic (exact) mass is 76.1 g/mol. The summed E-state index contributed by atoms with van der Waals surface area (Å²) in [5.41, 5.74) is 0. The molecule has 0 bridgehead atoms. The largest absolute Gasteiger partial charge is 0.394 e. The highest BCUT2D eigenvalue weighted by Gasteiger charge is 1.69. The van der Waals surface area contributed by atoms with Gasteiger partial charge >= 0.3 is 0 Å². The molecule has 5 heavy (non-hydrogen) atoms. The molecule has 1 heteroatoms. The first-order valence-electron chi connectivity index (χ1n) is 1.41. The van der Waals surface area contributed by atoms with Crippen LogP contribution in [-0.4, -0.2) is 11.2 Å². The van der Waals surface area contributed by atoms with Crippen LogP contribution < -0.4 is 0 Å². The highest BCUT2D eigenvalue weighted by atomic mass is 16.3. The Kier molecular flexibility index (Phi) is 7.03. The van der Waals surface area contributed by atoms with E-state index in [0.717, 1.165) is 0 Å². The lowest BCUT2D eigenvalue weighted by atomic mass is 10.5. The molecule has 0 saturated heterocycles. The number of rotatable bonds is 0. The molecule has 0 rings (SSSR count). The minimum Gasteiger partial charge on any atom is -0.394 e. The fourth-order valence-electron chi connectivity index (χ4n) is 0. The molecule has 0 aromatic carbocycles. The average molecular weight is 76.1 g/mol. The second-order valence-corrected chi connectivity index (χ2v) is 1.09. The van der Waals surface area contributed by atoms with Gasteiger partial charge in [-0.25, -0.2) is 0 Å². The summed E-state index contributed by atoms with van der Waals surface area (Å²) in [7, 11) is 0. The zero-order valence-electron chi connectivity index (χ0n) is 3.02. The van der Waals surface area contributed by atoms with Gasteiger partial charge in [0.05, 0.1) is 0 Å². The first-order chi connectivity index (χ1) is 1.73. The molecule has 0 spiro atoms. The highest BCUT2D eigenvalue weighted by molar-refractivity contribution is 4.20. The van der Waals surface area contributed by atoms with Gasteiger partial charge in [0.1, 0.15) is 0 Å². The van der Waals surface area contributed by atoms with Crippen molar-refractivity contribution in [3.8, 4) is 0 Å². The van der Waals surface area contributed by atoms with Gasteiger partial charge in [-0.15, -0.1) is 0 Å². The maximum Gasteiger partial charge on any atom is 0.0483 e. The van der Waals surface area contributed by atoms with Crippen molar-refractivity contribution < 1.29 is 5.11 Å². The molecule has 0 unspecified atom stereocenters. The lowest BCUT2D eigenvalue weighted by molar-refractivity contribution is 0.216. The average Bonchev–Trinajstić information content (AvgIpc) is 0.811. The molecule has 1 nitrogen and oxygen atoms in total. The van der Waals surface area contributed by atoms with Gasteiger partial charge in [-0.2, -0.15) is 0 Å². The second-order valence-electron chi connectivity index (χ2n) is 1.09. The third-order valence-corrected chi connectivity index (χ3v) is 0. The van der Waals surface area contributed by atoms with Crippen LogP contribution in [0, 0.1) is 0 Å². The Bertz CT molecular complexity index is 8.36. The lowest BCUT2D eigenvalue weighted by Gasteiger charge is -1.80. The first kappa shape index (κ1) is 8.88. The van der Waals surface area contributed by atoms with Crippen molar-refractivity contribution in [3.05, 3.63) is 0 Å². The van der Waals surface area contributed by atoms with E-state index >= 15 is 0 Å². The SMILES string of the molecule is C.CC(C)O. The topological polar surface area (TPSA) is 20.2 Å². The molecule has 0 radical (unpaired) electrons. The molecule has 0 heterocycles. The van der Waals surface area contributed by atoms with Crippen molar-refractivity contribution in [1.29, 1.82) is 0 Å². The predicted octanol–water partition coefficient (Wildman–Crippen LogP) is 1.02. The van der Waals surface area contributed by atoms with Crippen LogP contribution in [0.15, 0.2) is 0 Å². The van der Waals surface area contributed by atoms with Crippen LogP contribution in [0.1, 0.15) is 21.3 Å². The van der Waals surface area contributed by atoms with Crippen LogP contribution in [0.5, 0.6) is 0 Å². The number of hydrogen-bond donors (Lipinski definition) is 1. The van der Waals surface area contributed by atoms with Gasteiger partial charge in [0.15, 0.2) is 0 Å². The van der Waals surface area contributed by atoms with E-state index in [1.165, 1.54) is 0 Å². The molecular weight excluding hydrogens is 64.0 g/mol. The molecule has 34 valence electrons. The van der Waals surface area contributed by atoms with Crippen molar-refractivity contribution in [2.24, 2.45) is 0 Å². The minimum atomic E-state index is -0.167. The van der Waals surface area contributed by atoms with Gasteiger partial charge in [-0.1, -0.05) is 7.43 Å². The van der Waals surface area contributed by atoms with Gasteiger partial charge < -0.3 is 5.11 Å². The normalized spacial score (nSPS) is 7.20. The van der Waals surface area contributed by atoms with E-state index in [1.807, 2.05) is 0 Å². The molecule has 0 aromatic heterocycles. The fourth-order valence-corrected chi connectivity index (χ4v) is 0. The summed E-state index contributed by atoms with van der Waals surface area (Å²) >= 11 is 0. The van der Waals surface area contributed by atoms with Gasteiger partial charge in [0.25, 0.3) is 0 Å². The van der Waals surface area contributed by atoms with E-state index in [2.05, 4.69) is 0 Å². The van der Waals surface area contributed by atoms with Gasteiger partial charge in [-0.3, -0.25) is 0 Å². The highest BCUT2D eigenvalue weighted by Crippen LogP contribution is 1.65. The third kappa shape index (κ3) is 9510. The molecule has 0 aliphatic heterocycles. The number of aliphatic hydroxyl groups is 1. The summed E-state index contributed by atoms with van der Waals surface area (Å²) in [6.45, 7) is 3.44. The van der Waals surface area contributed by atoms with E-state index in [4.69, 9.17) is 5.11 Å². The smallest absolute Gasteiger partial charge is 0.0483 e. The lowest BCUT2D eigenvalue weighted by Crippen LogP contribution is -1.85. The zero-order valence-corrected chi connectivity index (χ0v) is 3.02. The summed E-state index contributed by atoms with van der Waals surface area (Å²) in [5, 5.41) is 8.06. The fraction of sp³-hybridized carbons (Fsp3) is 1.00. The van der Waals surface area contributed by atoms with E-state index < -0.39 is 0 Å². The molecule has 0 aromatic rings. The van der Waals surface area contributed by atoms with Crippen molar-refractivity contribution >= 4 is 0 Å². The number of aliphatic hydroxyl groups excluding tert-OH is 1. The Morgan fingerprint density at radius 2 is 1.40 bits per heavy atom. The van der Waals surface area contributed by atoms with E-state index in [0.29, 0.717) is 0 Å². The second kappa shape index (κ2) is 3.96. The van der Waals surface area contributed by atoms with Crippen LogP contribution in [0.2, 0.25) is 0 Å². The molecule has 0 aliphatic carbocycles. The molecule has 1 N–H and O–H groups in total. The van der Waals surface area contributed by atoms with Crippen LogP contribution in [-0.2, 0) is 0 Å². The van der Waals surface area contributed by atoms with Gasteiger partial charge in [0.2, 0.25) is 0 Å². The van der Waals surface area contributed by atoms with E-state index in [-0.39, 0.29) is 13.5 Å². The Balaban J connectivity index is 0. The van der Waals surface area contributed by atoms with Crippen LogP contribution in [0.25, 0.3) is 0 Å². The molecule has 0 atom stereocenters. The Morgan fingerprint density at radius 1 is 1.40 bits per heavy atom. The molecule has 0 saturated carbocycles. The van der Waals surface area contributed by atoms with Crippen LogP contribution >= 0.6 is 0 Å². The number of hydrogen-bond acceptors (Lipinski definition) is 1. The van der Waals surface area contributed by atoms with Gasteiger partial charge in [-0.05, 0) is 13.8 Å². The first-order valence-corrected chi connectivity index (χ1v) is 1.41. The maximum atomic E-state index is 8.06. The predicted molar refractivity (Wildman–Crippen MR) is 24.1 cm³/mol. The maximum absolute atomic E-state index is 8.06. The molecule has 0 aliphatic rings. The van der Waals surface area contributed by atoms with Crippen molar-refractivity contribution in [2.45, 2.75) is 27.4 Å². The minimum absolute atomic E-state index is 0. The van der Waals surface area contributed by atoms with Crippen LogP contribution in [0.4, 0.5) is 0 Å². The van der Waals surface area contributed by atoms with Gasteiger partial charge in [0, 0.05) is 6.10 Å². The summed E-state index contributed by atoms with van der Waals surface area (Å²) in [6, 6.07) is 0. The Morgan fingerprint density at radius 3 is 1.40 bits per heavy atom. The summed E-state index contributed by atoms with van der Waals surface area (Å²) < 4.78 is 0. The third-order valence-electron chi connectivity index (χ3n) is 0. The molecular formula is C4H12O. The zero-order chi connectivity index (χ0) is 3.58. The van der Waals surface area contributed by atoms with Crippen molar-refractivity contribution in [2.75, 3.05) is 0 Å². The standard InChI is InChI=1S/C3H8O.CH4/c1-3(2)4;/h3-4H,1-2H3;1H4. The summed E-state index contributed by atoms with van der Waals surface area (Å²) in [6.07, 6.45) is -0.167. The summed E-state index contributed by atoms with van der Waals surface area (Å²) in [4.78, 5) is 0.